The molecule has 3 N–H and O–H groups in total. The summed E-state index contributed by atoms with van der Waals surface area (Å²) in [6.07, 6.45) is 1.95. The number of methoxy groups -OCH3 is 1. The van der Waals surface area contributed by atoms with Gasteiger partial charge in [-0.1, -0.05) is 0 Å². The van der Waals surface area contributed by atoms with Gasteiger partial charge in [0.15, 0.2) is 40.3 Å². The fraction of sp³-hybridized carbons (Fsp3) is 0.250. The number of rotatable bonds is 9. The first-order valence-corrected chi connectivity index (χ1v) is 11.3. The zero-order valence-electron chi connectivity index (χ0n) is 19.6. The number of carboxylic acid groups (broad SMARTS) is 1. The number of aromatic amines is 2. The summed E-state index contributed by atoms with van der Waals surface area (Å²) in [5, 5.41) is 14.5. The number of H-pyrrole nitrogens is 2. The highest BCUT2D eigenvalue weighted by Gasteiger charge is 2.25. The molecule has 0 radical (unpaired) electrons. The predicted molar refractivity (Wildman–Crippen MR) is 125 cm³/mol. The summed E-state index contributed by atoms with van der Waals surface area (Å²) < 4.78 is 60.4. The molecule has 0 saturated heterocycles. The summed E-state index contributed by atoms with van der Waals surface area (Å²) in [5.41, 5.74) is -4.08. The van der Waals surface area contributed by atoms with Gasteiger partial charge in [0.2, 0.25) is 0 Å². The lowest BCUT2D eigenvalue weighted by Crippen LogP contribution is -2.34. The quantitative estimate of drug-likeness (QED) is 0.298. The van der Waals surface area contributed by atoms with Crippen molar-refractivity contribution in [3.8, 4) is 22.9 Å². The Morgan fingerprint density at radius 3 is 2.55 bits per heavy atom. The third-order valence-corrected chi connectivity index (χ3v) is 6.00. The third-order valence-electron chi connectivity index (χ3n) is 6.00. The number of hydrogen-bond acceptors (Lipinski definition) is 7. The predicted octanol–water partition coefficient (Wildman–Crippen LogP) is 2.89. The number of hydrogen-bond donors (Lipinski definition) is 3. The van der Waals surface area contributed by atoms with E-state index in [2.05, 4.69) is 15.2 Å². The second-order valence-electron chi connectivity index (χ2n) is 8.53. The van der Waals surface area contributed by atoms with Gasteiger partial charge in [-0.05, 0) is 30.9 Å². The average molecular weight is 532 g/mol. The molecular weight excluding hydrogens is 513 g/mol. The Morgan fingerprint density at radius 1 is 1.11 bits per heavy atom. The van der Waals surface area contributed by atoms with Crippen LogP contribution in [0.2, 0.25) is 0 Å². The van der Waals surface area contributed by atoms with Crippen molar-refractivity contribution >= 4 is 17.0 Å². The summed E-state index contributed by atoms with van der Waals surface area (Å²) >= 11 is 0. The minimum Gasteiger partial charge on any atom is -0.493 e. The number of ether oxygens (including phenoxy) is 3. The van der Waals surface area contributed by atoms with E-state index in [4.69, 9.17) is 14.2 Å². The van der Waals surface area contributed by atoms with E-state index in [0.717, 1.165) is 31.0 Å². The van der Waals surface area contributed by atoms with E-state index in [9.17, 15) is 28.3 Å². The smallest absolute Gasteiger partial charge is 0.354 e. The van der Waals surface area contributed by atoms with Crippen molar-refractivity contribution in [3.05, 3.63) is 73.8 Å². The molecule has 2 heterocycles. The van der Waals surface area contributed by atoms with Crippen LogP contribution in [0.15, 0.2) is 33.9 Å². The Labute approximate surface area is 210 Å². The van der Waals surface area contributed by atoms with Gasteiger partial charge in [-0.25, -0.2) is 27.3 Å². The molecule has 0 aliphatic heterocycles. The van der Waals surface area contributed by atoms with Crippen LogP contribution in [0.1, 0.15) is 28.9 Å². The fourth-order valence-electron chi connectivity index (χ4n) is 3.83. The second kappa shape index (κ2) is 9.61. The summed E-state index contributed by atoms with van der Waals surface area (Å²) in [6, 6.07) is 3.96. The lowest BCUT2D eigenvalue weighted by atomic mass is 10.2. The molecular formula is C24H19F3N4O7. The monoisotopic (exact) mass is 532 g/mol. The van der Waals surface area contributed by atoms with Crippen LogP contribution in [0.3, 0.4) is 0 Å². The van der Waals surface area contributed by atoms with E-state index >= 15 is 4.39 Å². The number of nitrogens with zero attached hydrogens (tertiary/aromatic N) is 2. The van der Waals surface area contributed by atoms with Gasteiger partial charge in [-0.3, -0.25) is 14.9 Å². The van der Waals surface area contributed by atoms with Gasteiger partial charge in [-0.2, -0.15) is 5.10 Å². The minimum atomic E-state index is -1.53. The molecule has 0 amide bonds. The zero-order chi connectivity index (χ0) is 27.1. The summed E-state index contributed by atoms with van der Waals surface area (Å²) in [5.74, 6) is -4.94. The zero-order valence-corrected chi connectivity index (χ0v) is 19.6. The van der Waals surface area contributed by atoms with Crippen molar-refractivity contribution in [2.24, 2.45) is 5.92 Å². The van der Waals surface area contributed by atoms with Crippen LogP contribution in [0, 0.1) is 23.4 Å². The van der Waals surface area contributed by atoms with E-state index < -0.39 is 58.0 Å². The normalized spacial score (nSPS) is 13.1. The van der Waals surface area contributed by atoms with E-state index in [1.54, 1.807) is 0 Å². The average Bonchev–Trinajstić information content (AvgIpc) is 3.61. The number of halogens is 3. The molecule has 0 atom stereocenters. The molecule has 1 aliphatic rings. The molecule has 198 valence electrons. The van der Waals surface area contributed by atoms with Gasteiger partial charge in [0.1, 0.15) is 17.7 Å². The van der Waals surface area contributed by atoms with Crippen LogP contribution in [-0.2, 0) is 6.61 Å². The van der Waals surface area contributed by atoms with Crippen LogP contribution in [-0.4, -0.2) is 44.5 Å². The number of aromatic nitrogens is 4. The SMILES string of the molecule is COc1cc(F)c(-n2c(=O)[nH]c3n[nH]c(C(=O)O)c3c2=O)cc1OCc1c(OCC2CC2)ccc(F)c1F. The highest BCUT2D eigenvalue weighted by atomic mass is 19.2. The van der Waals surface area contributed by atoms with Crippen molar-refractivity contribution in [1.82, 2.24) is 19.7 Å². The maximum Gasteiger partial charge on any atom is 0.354 e. The number of fused-ring (bicyclic) bond motifs is 1. The van der Waals surface area contributed by atoms with E-state index in [0.29, 0.717) is 17.1 Å². The molecule has 0 unspecified atom stereocenters. The van der Waals surface area contributed by atoms with Gasteiger partial charge in [0.05, 0.1) is 25.0 Å². The van der Waals surface area contributed by atoms with Crippen molar-refractivity contribution in [1.29, 1.82) is 0 Å². The van der Waals surface area contributed by atoms with Crippen LogP contribution in [0.4, 0.5) is 13.2 Å². The summed E-state index contributed by atoms with van der Waals surface area (Å²) in [6.45, 7) is -0.247. The molecule has 1 fully saturated rings. The lowest BCUT2D eigenvalue weighted by molar-refractivity contribution is 0.0692. The fourth-order valence-corrected chi connectivity index (χ4v) is 3.83. The van der Waals surface area contributed by atoms with Crippen LogP contribution in [0.5, 0.6) is 17.2 Å². The second-order valence-corrected chi connectivity index (χ2v) is 8.53. The van der Waals surface area contributed by atoms with Gasteiger partial charge in [0.25, 0.3) is 5.56 Å². The standard InChI is InChI=1S/C24H19F3N4O7/c1-36-16-6-13(26)14(31-22(32)18-20(23(33)34)29-30-21(18)28-24(31)35)7-17(16)38-9-11-15(37-8-10-2-3-10)5-4-12(25)19(11)27/h4-7,10H,2-3,8-9H2,1H3,(H,33,34)(H2,28,29,30,35). The topological polar surface area (TPSA) is 149 Å². The molecule has 14 heteroatoms. The maximum atomic E-state index is 15.1. The Balaban J connectivity index is 1.56. The summed E-state index contributed by atoms with van der Waals surface area (Å²) in [7, 11) is 1.20. The molecule has 1 saturated carbocycles. The first kappa shape index (κ1) is 24.9. The molecule has 2 aromatic carbocycles. The van der Waals surface area contributed by atoms with E-state index in [1.165, 1.54) is 13.2 Å². The first-order chi connectivity index (χ1) is 18.2. The van der Waals surface area contributed by atoms with E-state index in [1.807, 2.05) is 0 Å². The highest BCUT2D eigenvalue weighted by Crippen LogP contribution is 2.35. The van der Waals surface area contributed by atoms with Crippen LogP contribution in [0.25, 0.3) is 16.7 Å². The highest BCUT2D eigenvalue weighted by molar-refractivity contribution is 5.99. The number of nitrogens with one attached hydrogen (secondary N) is 2. The molecule has 1 aliphatic carbocycles. The lowest BCUT2D eigenvalue weighted by Gasteiger charge is -2.16. The molecule has 5 rings (SSSR count). The van der Waals surface area contributed by atoms with Gasteiger partial charge in [0, 0.05) is 12.1 Å². The molecule has 0 bridgehead atoms. The first-order valence-electron chi connectivity index (χ1n) is 11.3. The van der Waals surface area contributed by atoms with Gasteiger partial charge < -0.3 is 19.3 Å². The van der Waals surface area contributed by atoms with Crippen LogP contribution >= 0.6 is 0 Å². The minimum absolute atomic E-state index is 0.0661. The Kier molecular flexibility index (Phi) is 6.30. The van der Waals surface area contributed by atoms with Gasteiger partial charge >= 0.3 is 11.7 Å². The number of carboxylic acids is 1. The maximum absolute atomic E-state index is 15.1. The number of benzene rings is 2. The molecule has 38 heavy (non-hydrogen) atoms. The number of carbonyl (C=O) groups is 1. The van der Waals surface area contributed by atoms with Crippen molar-refractivity contribution in [3.63, 3.8) is 0 Å². The van der Waals surface area contributed by atoms with Crippen molar-refractivity contribution < 1.29 is 37.3 Å². The molecule has 4 aromatic rings. The van der Waals surface area contributed by atoms with Gasteiger partial charge in [-0.15, -0.1) is 0 Å². The Hall–Kier alpha value is -4.75. The molecule has 11 nitrogen and oxygen atoms in total. The molecule has 2 aromatic heterocycles. The Bertz CT molecular complexity index is 1690. The Morgan fingerprint density at radius 2 is 1.87 bits per heavy atom. The van der Waals surface area contributed by atoms with Crippen molar-refractivity contribution in [2.45, 2.75) is 19.4 Å². The number of aromatic carboxylic acids is 1. The van der Waals surface area contributed by atoms with Crippen LogP contribution < -0.4 is 25.5 Å². The van der Waals surface area contributed by atoms with E-state index in [-0.39, 0.29) is 28.5 Å². The molecule has 0 spiro atoms. The summed E-state index contributed by atoms with van der Waals surface area (Å²) in [4.78, 5) is 39.4. The van der Waals surface area contributed by atoms with Crippen molar-refractivity contribution in [2.75, 3.05) is 13.7 Å². The largest absolute Gasteiger partial charge is 0.493 e. The third kappa shape index (κ3) is 4.44.